The molecule has 0 saturated heterocycles. The molecule has 0 aromatic carbocycles. The van der Waals surface area contributed by atoms with Gasteiger partial charge in [0.1, 0.15) is 0 Å². The molecular weight excluding hydrogens is 134 g/mol. The largest absolute Gasteiger partial charge is 0.299 e. The van der Waals surface area contributed by atoms with Crippen LogP contribution in [-0.4, -0.2) is 17.5 Å². The molecule has 0 unspecified atom stereocenters. The summed E-state index contributed by atoms with van der Waals surface area (Å²) in [6, 6.07) is 0.844. The Kier molecular flexibility index (Phi) is 3.92. The molecule has 1 heteroatoms. The van der Waals surface area contributed by atoms with Crippen molar-refractivity contribution in [3.63, 3.8) is 0 Å². The van der Waals surface area contributed by atoms with Crippen molar-refractivity contribution >= 4 is 0 Å². The molecule has 1 saturated carbocycles. The predicted molar refractivity (Wildman–Crippen MR) is 49.2 cm³/mol. The van der Waals surface area contributed by atoms with Crippen molar-refractivity contribution in [2.45, 2.75) is 51.5 Å². The average molecular weight is 154 g/mol. The van der Waals surface area contributed by atoms with Gasteiger partial charge in [-0.15, -0.1) is 0 Å². The fourth-order valence-corrected chi connectivity index (χ4v) is 1.36. The first-order chi connectivity index (χ1) is 5.34. The second-order valence-electron chi connectivity index (χ2n) is 3.60. The summed E-state index contributed by atoms with van der Waals surface area (Å²) in [6.07, 6.45) is 8.22. The summed E-state index contributed by atoms with van der Waals surface area (Å²) in [4.78, 5) is 2.27. The third-order valence-corrected chi connectivity index (χ3v) is 2.36. The van der Waals surface area contributed by atoms with Gasteiger partial charge in [-0.1, -0.05) is 26.2 Å². The molecule has 65 valence electrons. The highest BCUT2D eigenvalue weighted by atomic mass is 15.1. The normalized spacial score (nSPS) is 17.7. The Morgan fingerprint density at radius 1 is 1.27 bits per heavy atom. The summed E-state index contributed by atoms with van der Waals surface area (Å²) in [7, 11) is 4.03. The van der Waals surface area contributed by atoms with Gasteiger partial charge in [0.05, 0.1) is 0 Å². The van der Waals surface area contributed by atoms with Crippen molar-refractivity contribution in [1.29, 1.82) is 0 Å². The van der Waals surface area contributed by atoms with Crippen LogP contribution in [0.4, 0.5) is 0 Å². The molecule has 1 aliphatic carbocycles. The maximum atomic E-state index is 4.03. The standard InChI is InChI=1S/C10H20N/c1-3-4-5-6-9-11(2)10-7-8-10/h10H,2-9H2,1H3. The van der Waals surface area contributed by atoms with Crippen LogP contribution in [0.5, 0.6) is 0 Å². The monoisotopic (exact) mass is 154 g/mol. The molecular formula is C10H20N. The Morgan fingerprint density at radius 2 is 2.00 bits per heavy atom. The zero-order valence-corrected chi connectivity index (χ0v) is 7.68. The summed E-state index contributed by atoms with van der Waals surface area (Å²) in [6.45, 7) is 3.47. The van der Waals surface area contributed by atoms with E-state index in [2.05, 4.69) is 18.9 Å². The predicted octanol–water partition coefficient (Wildman–Crippen LogP) is 2.82. The van der Waals surface area contributed by atoms with E-state index >= 15 is 0 Å². The lowest BCUT2D eigenvalue weighted by Crippen LogP contribution is -2.19. The van der Waals surface area contributed by atoms with E-state index in [0.717, 1.165) is 6.04 Å². The summed E-state index contributed by atoms with van der Waals surface area (Å²) < 4.78 is 0. The molecule has 1 aliphatic rings. The number of hydrogen-bond donors (Lipinski definition) is 0. The molecule has 1 nitrogen and oxygen atoms in total. The minimum Gasteiger partial charge on any atom is -0.299 e. The Hall–Kier alpha value is -0.0400. The van der Waals surface area contributed by atoms with E-state index in [9.17, 15) is 0 Å². The Balaban J connectivity index is 1.85. The van der Waals surface area contributed by atoms with Crippen molar-refractivity contribution in [2.75, 3.05) is 6.54 Å². The zero-order chi connectivity index (χ0) is 8.10. The first kappa shape index (κ1) is 9.05. The molecule has 0 N–H and O–H groups in total. The van der Waals surface area contributed by atoms with Gasteiger partial charge in [-0.2, -0.15) is 0 Å². The van der Waals surface area contributed by atoms with Crippen LogP contribution in [0.3, 0.4) is 0 Å². The van der Waals surface area contributed by atoms with Gasteiger partial charge in [0, 0.05) is 13.1 Å². The third-order valence-electron chi connectivity index (χ3n) is 2.36. The van der Waals surface area contributed by atoms with Gasteiger partial charge in [0.25, 0.3) is 0 Å². The van der Waals surface area contributed by atoms with Crippen LogP contribution in [0.1, 0.15) is 45.4 Å². The van der Waals surface area contributed by atoms with Gasteiger partial charge in [-0.25, -0.2) is 0 Å². The van der Waals surface area contributed by atoms with Crippen LogP contribution in [0.25, 0.3) is 0 Å². The Bertz CT molecular complexity index is 97.0. The minimum absolute atomic E-state index is 0.844. The van der Waals surface area contributed by atoms with Gasteiger partial charge < -0.3 is 0 Å². The van der Waals surface area contributed by atoms with Crippen molar-refractivity contribution in [3.05, 3.63) is 7.05 Å². The quantitative estimate of drug-likeness (QED) is 0.532. The lowest BCUT2D eigenvalue weighted by atomic mass is 10.2. The molecule has 0 spiro atoms. The summed E-state index contributed by atoms with van der Waals surface area (Å²) >= 11 is 0. The van der Waals surface area contributed by atoms with Crippen LogP contribution < -0.4 is 0 Å². The van der Waals surface area contributed by atoms with Crippen molar-refractivity contribution in [2.24, 2.45) is 0 Å². The fraction of sp³-hybridized carbons (Fsp3) is 0.900. The summed E-state index contributed by atoms with van der Waals surface area (Å²) in [5, 5.41) is 0. The van der Waals surface area contributed by atoms with E-state index in [1.54, 1.807) is 0 Å². The molecule has 0 heterocycles. The van der Waals surface area contributed by atoms with Gasteiger partial charge in [0.2, 0.25) is 0 Å². The highest BCUT2D eigenvalue weighted by Gasteiger charge is 2.25. The second-order valence-corrected chi connectivity index (χ2v) is 3.60. The van der Waals surface area contributed by atoms with Gasteiger partial charge in [-0.3, -0.25) is 4.90 Å². The molecule has 1 fully saturated rings. The maximum absolute atomic E-state index is 4.03. The topological polar surface area (TPSA) is 3.24 Å². The van der Waals surface area contributed by atoms with Crippen LogP contribution >= 0.6 is 0 Å². The van der Waals surface area contributed by atoms with Crippen molar-refractivity contribution < 1.29 is 0 Å². The lowest BCUT2D eigenvalue weighted by Gasteiger charge is -2.14. The van der Waals surface area contributed by atoms with Gasteiger partial charge in [0.15, 0.2) is 0 Å². The van der Waals surface area contributed by atoms with E-state index in [1.165, 1.54) is 45.1 Å². The minimum atomic E-state index is 0.844. The van der Waals surface area contributed by atoms with Crippen LogP contribution in [-0.2, 0) is 0 Å². The molecule has 0 amide bonds. The highest BCUT2D eigenvalue weighted by Crippen LogP contribution is 2.26. The van der Waals surface area contributed by atoms with Crippen LogP contribution in [0.2, 0.25) is 0 Å². The number of rotatable bonds is 6. The molecule has 0 bridgehead atoms. The Morgan fingerprint density at radius 3 is 2.55 bits per heavy atom. The summed E-state index contributed by atoms with van der Waals surface area (Å²) in [5.41, 5.74) is 0. The molecule has 1 radical (unpaired) electrons. The molecule has 0 aliphatic heterocycles. The number of nitrogens with zero attached hydrogens (tertiary/aromatic N) is 1. The molecule has 0 aromatic heterocycles. The van der Waals surface area contributed by atoms with Crippen LogP contribution in [0, 0.1) is 7.05 Å². The first-order valence-corrected chi connectivity index (χ1v) is 4.91. The van der Waals surface area contributed by atoms with E-state index in [4.69, 9.17) is 0 Å². The van der Waals surface area contributed by atoms with Gasteiger partial charge in [-0.05, 0) is 25.8 Å². The first-order valence-electron chi connectivity index (χ1n) is 4.91. The SMILES string of the molecule is [CH2]N(CCCCCC)C1CC1. The average Bonchev–Trinajstić information content (AvgIpc) is 2.79. The molecule has 0 aromatic rings. The smallest absolute Gasteiger partial charge is 0.0112 e. The molecule has 1 rings (SSSR count). The lowest BCUT2D eigenvalue weighted by molar-refractivity contribution is 0.348. The van der Waals surface area contributed by atoms with Crippen molar-refractivity contribution in [3.8, 4) is 0 Å². The van der Waals surface area contributed by atoms with Gasteiger partial charge >= 0.3 is 0 Å². The number of hydrogen-bond acceptors (Lipinski definition) is 1. The second kappa shape index (κ2) is 4.76. The highest BCUT2D eigenvalue weighted by molar-refractivity contribution is 4.83. The van der Waals surface area contributed by atoms with E-state index in [0.29, 0.717) is 0 Å². The Labute approximate surface area is 70.8 Å². The summed E-state index contributed by atoms with van der Waals surface area (Å²) in [5.74, 6) is 0. The third kappa shape index (κ3) is 3.76. The number of unbranched alkanes of at least 4 members (excludes halogenated alkanes) is 3. The molecule has 0 atom stereocenters. The van der Waals surface area contributed by atoms with Crippen LogP contribution in [0.15, 0.2) is 0 Å². The fourth-order valence-electron chi connectivity index (χ4n) is 1.36. The zero-order valence-electron chi connectivity index (χ0n) is 7.68. The van der Waals surface area contributed by atoms with E-state index < -0.39 is 0 Å². The molecule has 11 heavy (non-hydrogen) atoms. The van der Waals surface area contributed by atoms with Crippen molar-refractivity contribution in [1.82, 2.24) is 4.90 Å². The van der Waals surface area contributed by atoms with E-state index in [1.807, 2.05) is 0 Å². The maximum Gasteiger partial charge on any atom is 0.0112 e. The van der Waals surface area contributed by atoms with E-state index in [-0.39, 0.29) is 0 Å².